The van der Waals surface area contributed by atoms with Gasteiger partial charge in [-0.3, -0.25) is 4.79 Å². The van der Waals surface area contributed by atoms with E-state index < -0.39 is 6.04 Å². The van der Waals surface area contributed by atoms with Crippen molar-refractivity contribution >= 4 is 28.3 Å². The fourth-order valence-corrected chi connectivity index (χ4v) is 2.16. The third-order valence-electron chi connectivity index (χ3n) is 2.37. The lowest BCUT2D eigenvalue weighted by Gasteiger charge is -2.16. The maximum atomic E-state index is 11.8. The normalized spacial score (nSPS) is 12.2. The molecule has 0 radical (unpaired) electrons. The number of methoxy groups -OCH3 is 1. The van der Waals surface area contributed by atoms with Crippen LogP contribution in [0.25, 0.3) is 0 Å². The van der Waals surface area contributed by atoms with Crippen molar-refractivity contribution in [1.82, 2.24) is 9.69 Å². The number of ether oxygens (including phenoxy) is 2. The van der Waals surface area contributed by atoms with Gasteiger partial charge >= 0.3 is 0 Å². The molecule has 0 aliphatic rings. The number of nitrogens with zero attached hydrogens (tertiary/aromatic N) is 1. The summed E-state index contributed by atoms with van der Waals surface area (Å²) in [6, 6.07) is -0.416. The van der Waals surface area contributed by atoms with Crippen LogP contribution in [0, 0.1) is 0 Å². The Kier molecular flexibility index (Phi) is 6.53. The number of amides is 1. The van der Waals surface area contributed by atoms with E-state index in [0.29, 0.717) is 29.7 Å². The summed E-state index contributed by atoms with van der Waals surface area (Å²) in [7, 11) is 1.59. The number of carbonyl (C=O) groups is 1. The second-order valence-electron chi connectivity index (χ2n) is 4.54. The van der Waals surface area contributed by atoms with Crippen LogP contribution in [0.3, 0.4) is 0 Å². The summed E-state index contributed by atoms with van der Waals surface area (Å²) >= 11 is 1.18. The fraction of sp³-hybridized carbons (Fsp3) is 0.667. The zero-order chi connectivity index (χ0) is 15.1. The van der Waals surface area contributed by atoms with Crippen molar-refractivity contribution in [2.24, 2.45) is 0 Å². The highest BCUT2D eigenvalue weighted by Crippen LogP contribution is 2.36. The zero-order valence-corrected chi connectivity index (χ0v) is 13.0. The van der Waals surface area contributed by atoms with Gasteiger partial charge in [0.25, 0.3) is 0 Å². The van der Waals surface area contributed by atoms with Crippen LogP contribution in [0.1, 0.15) is 20.8 Å². The van der Waals surface area contributed by atoms with Crippen LogP contribution in [0.5, 0.6) is 5.75 Å². The van der Waals surface area contributed by atoms with Crippen LogP contribution in [0.15, 0.2) is 0 Å². The van der Waals surface area contributed by atoms with Crippen molar-refractivity contribution in [1.29, 1.82) is 0 Å². The summed E-state index contributed by atoms with van der Waals surface area (Å²) in [6.07, 6.45) is -0.0138. The SMILES string of the molecule is COCCNC(=O)C(C)Nc1snc(N)c1OC(C)C. The number of anilines is 2. The van der Waals surface area contributed by atoms with Crippen LogP contribution in [0.4, 0.5) is 10.8 Å². The minimum Gasteiger partial charge on any atom is -0.484 e. The third kappa shape index (κ3) is 4.86. The zero-order valence-electron chi connectivity index (χ0n) is 12.2. The Bertz CT molecular complexity index is 436. The van der Waals surface area contributed by atoms with E-state index in [9.17, 15) is 4.79 Å². The van der Waals surface area contributed by atoms with Crippen LogP contribution >= 0.6 is 11.5 Å². The number of nitrogens with two attached hydrogens (primary N) is 1. The van der Waals surface area contributed by atoms with Gasteiger partial charge in [0.2, 0.25) is 5.91 Å². The van der Waals surface area contributed by atoms with E-state index in [1.807, 2.05) is 13.8 Å². The number of nitrogen functional groups attached to an aromatic ring is 1. The molecule has 7 nitrogen and oxygen atoms in total. The molecule has 0 fully saturated rings. The molecule has 4 N–H and O–H groups in total. The van der Waals surface area contributed by atoms with E-state index in [4.69, 9.17) is 15.2 Å². The predicted molar refractivity (Wildman–Crippen MR) is 80.3 cm³/mol. The highest BCUT2D eigenvalue weighted by Gasteiger charge is 2.19. The Morgan fingerprint density at radius 2 is 2.15 bits per heavy atom. The Labute approximate surface area is 123 Å². The van der Waals surface area contributed by atoms with Crippen LogP contribution in [-0.2, 0) is 9.53 Å². The molecular formula is C12H22N4O3S. The van der Waals surface area contributed by atoms with Crippen LogP contribution in [0.2, 0.25) is 0 Å². The summed E-state index contributed by atoms with van der Waals surface area (Å²) in [5.74, 6) is 0.712. The van der Waals surface area contributed by atoms with Crippen molar-refractivity contribution < 1.29 is 14.3 Å². The quantitative estimate of drug-likeness (QED) is 0.621. The van der Waals surface area contributed by atoms with Crippen molar-refractivity contribution in [2.45, 2.75) is 32.9 Å². The molecule has 0 saturated carbocycles. The molecule has 8 heteroatoms. The highest BCUT2D eigenvalue weighted by molar-refractivity contribution is 7.11. The minimum atomic E-state index is -0.416. The lowest BCUT2D eigenvalue weighted by atomic mass is 10.3. The molecule has 1 rings (SSSR count). The summed E-state index contributed by atoms with van der Waals surface area (Å²) in [5.41, 5.74) is 5.76. The third-order valence-corrected chi connectivity index (χ3v) is 3.15. The van der Waals surface area contributed by atoms with Gasteiger partial charge in [0.1, 0.15) is 6.04 Å². The van der Waals surface area contributed by atoms with Crippen molar-refractivity contribution in [3.63, 3.8) is 0 Å². The molecule has 0 bridgehead atoms. The average Bonchev–Trinajstić information content (AvgIpc) is 2.71. The summed E-state index contributed by atoms with van der Waals surface area (Å²) < 4.78 is 14.5. The molecule has 114 valence electrons. The Balaban J connectivity index is 2.61. The standard InChI is InChI=1S/C12H22N4O3S/c1-7(2)19-9-10(13)16-20-12(9)15-8(3)11(17)14-5-6-18-4/h7-8,15H,5-6H2,1-4H3,(H2,13,16)(H,14,17). The molecule has 20 heavy (non-hydrogen) atoms. The first-order valence-corrected chi connectivity index (χ1v) is 7.18. The Morgan fingerprint density at radius 1 is 1.45 bits per heavy atom. The minimum absolute atomic E-state index is 0.0138. The molecule has 0 saturated heterocycles. The van der Waals surface area contributed by atoms with Gasteiger partial charge in [0.15, 0.2) is 16.6 Å². The van der Waals surface area contributed by atoms with Gasteiger partial charge in [-0.05, 0) is 32.3 Å². The van der Waals surface area contributed by atoms with Gasteiger partial charge in [-0.1, -0.05) is 0 Å². The van der Waals surface area contributed by atoms with E-state index in [0.717, 1.165) is 0 Å². The first kappa shape index (κ1) is 16.5. The van der Waals surface area contributed by atoms with Gasteiger partial charge < -0.3 is 25.8 Å². The van der Waals surface area contributed by atoms with Crippen molar-refractivity contribution in [3.8, 4) is 5.75 Å². The monoisotopic (exact) mass is 302 g/mol. The van der Waals surface area contributed by atoms with E-state index in [1.54, 1.807) is 14.0 Å². The van der Waals surface area contributed by atoms with E-state index in [2.05, 4.69) is 15.0 Å². The van der Waals surface area contributed by atoms with Gasteiger partial charge in [-0.15, -0.1) is 0 Å². The fourth-order valence-electron chi connectivity index (χ4n) is 1.43. The first-order valence-electron chi connectivity index (χ1n) is 6.40. The molecule has 1 aromatic rings. The second-order valence-corrected chi connectivity index (χ2v) is 5.32. The average molecular weight is 302 g/mol. The molecule has 0 aliphatic heterocycles. The smallest absolute Gasteiger partial charge is 0.242 e. The second kappa shape index (κ2) is 7.91. The number of hydrogen-bond acceptors (Lipinski definition) is 7. The molecule has 1 amide bonds. The first-order chi connectivity index (χ1) is 9.45. The number of hydrogen-bond donors (Lipinski definition) is 3. The van der Waals surface area contributed by atoms with Crippen LogP contribution in [-0.4, -0.2) is 42.7 Å². The molecule has 0 spiro atoms. The lowest BCUT2D eigenvalue weighted by molar-refractivity contribution is -0.121. The van der Waals surface area contributed by atoms with E-state index >= 15 is 0 Å². The molecule has 1 heterocycles. The van der Waals surface area contributed by atoms with E-state index in [-0.39, 0.29) is 12.0 Å². The van der Waals surface area contributed by atoms with Crippen LogP contribution < -0.4 is 21.1 Å². The number of carbonyl (C=O) groups excluding carboxylic acids is 1. The van der Waals surface area contributed by atoms with Gasteiger partial charge in [0, 0.05) is 13.7 Å². The molecule has 1 atom stereocenters. The van der Waals surface area contributed by atoms with E-state index in [1.165, 1.54) is 11.5 Å². The van der Waals surface area contributed by atoms with Crippen molar-refractivity contribution in [2.75, 3.05) is 31.3 Å². The molecule has 0 aromatic carbocycles. The molecule has 1 aromatic heterocycles. The largest absolute Gasteiger partial charge is 0.484 e. The van der Waals surface area contributed by atoms with Gasteiger partial charge in [-0.25, -0.2) is 0 Å². The summed E-state index contributed by atoms with van der Waals surface area (Å²) in [6.45, 7) is 6.52. The molecule has 0 aliphatic carbocycles. The predicted octanol–water partition coefficient (Wildman–Crippen LogP) is 1.08. The van der Waals surface area contributed by atoms with Gasteiger partial charge in [0.05, 0.1) is 12.7 Å². The molecule has 1 unspecified atom stereocenters. The lowest BCUT2D eigenvalue weighted by Crippen LogP contribution is -2.38. The maximum absolute atomic E-state index is 11.8. The maximum Gasteiger partial charge on any atom is 0.242 e. The Morgan fingerprint density at radius 3 is 2.75 bits per heavy atom. The van der Waals surface area contributed by atoms with Crippen molar-refractivity contribution in [3.05, 3.63) is 0 Å². The number of nitrogens with one attached hydrogen (secondary N) is 2. The Hall–Kier alpha value is -1.54. The highest BCUT2D eigenvalue weighted by atomic mass is 32.1. The summed E-state index contributed by atoms with van der Waals surface area (Å²) in [5, 5.41) is 6.48. The summed E-state index contributed by atoms with van der Waals surface area (Å²) in [4.78, 5) is 11.8. The number of rotatable bonds is 8. The van der Waals surface area contributed by atoms with Gasteiger partial charge in [-0.2, -0.15) is 4.37 Å². The molecular weight excluding hydrogens is 280 g/mol. The number of aromatic nitrogens is 1. The topological polar surface area (TPSA) is 98.5 Å².